The van der Waals surface area contributed by atoms with Gasteiger partial charge in [0.2, 0.25) is 11.9 Å². The van der Waals surface area contributed by atoms with Crippen LogP contribution in [0.4, 0.5) is 22.0 Å². The van der Waals surface area contributed by atoms with Gasteiger partial charge in [-0.25, -0.2) is 9.18 Å². The van der Waals surface area contributed by atoms with Crippen LogP contribution in [-0.4, -0.2) is 20.9 Å². The summed E-state index contributed by atoms with van der Waals surface area (Å²) in [6, 6.07) is 13.7. The highest BCUT2D eigenvalue weighted by Crippen LogP contribution is 2.17. The van der Waals surface area contributed by atoms with Crippen LogP contribution in [0.2, 0.25) is 0 Å². The van der Waals surface area contributed by atoms with Gasteiger partial charge in [0.1, 0.15) is 5.82 Å². The minimum Gasteiger partial charge on any atom is -0.454 e. The molecule has 0 saturated heterocycles. The van der Waals surface area contributed by atoms with Crippen molar-refractivity contribution in [2.24, 2.45) is 0 Å². The molecule has 0 saturated carbocycles. The lowest BCUT2D eigenvalue weighted by Crippen LogP contribution is -2.10. The molecule has 142 valence electrons. The van der Waals surface area contributed by atoms with Gasteiger partial charge in [-0.1, -0.05) is 34.1 Å². The zero-order chi connectivity index (χ0) is 19.9. The number of hydrogen-bond acceptors (Lipinski definition) is 7. The van der Waals surface area contributed by atoms with Gasteiger partial charge in [0.25, 0.3) is 0 Å². The third kappa shape index (κ3) is 5.58. The third-order valence-electron chi connectivity index (χ3n) is 3.43. The summed E-state index contributed by atoms with van der Waals surface area (Å²) < 4.78 is 19.4. The lowest BCUT2D eigenvalue weighted by Gasteiger charge is -2.07. The molecule has 9 heteroatoms. The Labute approximate surface area is 168 Å². The van der Waals surface area contributed by atoms with Crippen molar-refractivity contribution in [3.8, 4) is 0 Å². The van der Waals surface area contributed by atoms with E-state index in [2.05, 4.69) is 36.2 Å². The number of nitrogens with two attached hydrogens (primary N) is 1. The average molecular weight is 444 g/mol. The summed E-state index contributed by atoms with van der Waals surface area (Å²) in [5, 5.41) is 2.99. The fourth-order valence-electron chi connectivity index (χ4n) is 2.19. The monoisotopic (exact) mass is 443 g/mol. The number of anilines is 3. The summed E-state index contributed by atoms with van der Waals surface area (Å²) >= 11 is 3.24. The Morgan fingerprint density at radius 3 is 2.75 bits per heavy atom. The van der Waals surface area contributed by atoms with E-state index in [0.717, 1.165) is 11.8 Å². The largest absolute Gasteiger partial charge is 0.454 e. The van der Waals surface area contributed by atoms with Gasteiger partial charge in [-0.2, -0.15) is 15.0 Å². The molecule has 3 aromatic rings. The summed E-state index contributed by atoms with van der Waals surface area (Å²) in [7, 11) is 0. The number of benzene rings is 2. The molecule has 1 aromatic heterocycles. The second-order valence-corrected chi connectivity index (χ2v) is 6.45. The van der Waals surface area contributed by atoms with Crippen LogP contribution in [0, 0.1) is 5.82 Å². The van der Waals surface area contributed by atoms with E-state index in [1.165, 1.54) is 12.1 Å². The molecule has 3 N–H and O–H groups in total. The highest BCUT2D eigenvalue weighted by molar-refractivity contribution is 9.10. The number of nitrogen functional groups attached to an aromatic ring is 1. The topological polar surface area (TPSA) is 103 Å². The van der Waals surface area contributed by atoms with E-state index in [1.54, 1.807) is 12.1 Å². The number of carbonyl (C=O) groups is 1. The molecule has 0 aliphatic carbocycles. The first kappa shape index (κ1) is 19.4. The maximum atomic E-state index is 13.7. The molecular formula is C19H15BrFN5O2. The Morgan fingerprint density at radius 1 is 1.18 bits per heavy atom. The van der Waals surface area contributed by atoms with Gasteiger partial charge in [-0.05, 0) is 36.4 Å². The fourth-order valence-corrected chi connectivity index (χ4v) is 2.57. The second kappa shape index (κ2) is 9.05. The molecule has 0 spiro atoms. The Balaban J connectivity index is 1.63. The summed E-state index contributed by atoms with van der Waals surface area (Å²) in [4.78, 5) is 24.0. The summed E-state index contributed by atoms with van der Waals surface area (Å²) in [6.07, 6.45) is 2.45. The molecule has 0 amide bonds. The maximum Gasteiger partial charge on any atom is 0.331 e. The summed E-state index contributed by atoms with van der Waals surface area (Å²) in [5.74, 6) is -0.714. The quantitative estimate of drug-likeness (QED) is 0.440. The van der Waals surface area contributed by atoms with Gasteiger partial charge in [0.15, 0.2) is 12.4 Å². The molecule has 28 heavy (non-hydrogen) atoms. The third-order valence-corrected chi connectivity index (χ3v) is 3.92. The van der Waals surface area contributed by atoms with Crippen molar-refractivity contribution < 1.29 is 13.9 Å². The highest BCUT2D eigenvalue weighted by atomic mass is 79.9. The molecule has 1 heterocycles. The number of aromatic nitrogens is 3. The van der Waals surface area contributed by atoms with E-state index in [0.29, 0.717) is 4.47 Å². The number of carbonyl (C=O) groups excluding carboxylic acids is 1. The zero-order valence-corrected chi connectivity index (χ0v) is 16.1. The minimum absolute atomic E-state index is 0.00812. The molecule has 0 fully saturated rings. The van der Waals surface area contributed by atoms with Crippen LogP contribution >= 0.6 is 15.9 Å². The number of para-hydroxylation sites is 1. The van der Waals surface area contributed by atoms with Crippen molar-refractivity contribution >= 4 is 45.6 Å². The lowest BCUT2D eigenvalue weighted by molar-refractivity contribution is -0.139. The van der Waals surface area contributed by atoms with Crippen molar-refractivity contribution in [2.45, 2.75) is 6.61 Å². The molecule has 0 atom stereocenters. The van der Waals surface area contributed by atoms with E-state index in [-0.39, 0.29) is 29.9 Å². The van der Waals surface area contributed by atoms with E-state index in [1.807, 2.05) is 30.3 Å². The van der Waals surface area contributed by atoms with Crippen LogP contribution in [0.3, 0.4) is 0 Å². The average Bonchev–Trinajstić information content (AvgIpc) is 2.67. The number of rotatable bonds is 6. The molecule has 0 aliphatic heterocycles. The molecule has 3 rings (SSSR count). The van der Waals surface area contributed by atoms with Gasteiger partial charge in [-0.15, -0.1) is 0 Å². The van der Waals surface area contributed by atoms with Crippen molar-refractivity contribution in [2.75, 3.05) is 11.1 Å². The minimum atomic E-state index is -0.670. The van der Waals surface area contributed by atoms with Gasteiger partial charge >= 0.3 is 5.97 Å². The van der Waals surface area contributed by atoms with Crippen LogP contribution in [0.5, 0.6) is 0 Å². The number of ether oxygens (including phenoxy) is 1. The molecule has 7 nitrogen and oxygen atoms in total. The summed E-state index contributed by atoms with van der Waals surface area (Å²) in [5.41, 5.74) is 6.71. The van der Waals surface area contributed by atoms with Crippen molar-refractivity contribution in [1.82, 2.24) is 15.0 Å². The molecule has 0 aliphatic rings. The Bertz CT molecular complexity index is 1010. The Kier molecular flexibility index (Phi) is 6.28. The van der Waals surface area contributed by atoms with Gasteiger partial charge < -0.3 is 15.8 Å². The normalized spacial score (nSPS) is 10.8. The van der Waals surface area contributed by atoms with E-state index in [4.69, 9.17) is 10.5 Å². The fraction of sp³-hybridized carbons (Fsp3) is 0.0526. The molecule has 2 aromatic carbocycles. The second-order valence-electron chi connectivity index (χ2n) is 5.53. The Morgan fingerprint density at radius 2 is 1.96 bits per heavy atom. The number of nitrogens with zero attached hydrogens (tertiary/aromatic N) is 3. The Hall–Kier alpha value is -3.33. The number of hydrogen-bond donors (Lipinski definition) is 2. The smallest absolute Gasteiger partial charge is 0.331 e. The molecular weight excluding hydrogens is 429 g/mol. The highest BCUT2D eigenvalue weighted by Gasteiger charge is 2.08. The van der Waals surface area contributed by atoms with Crippen molar-refractivity contribution in [3.63, 3.8) is 0 Å². The number of esters is 1. The van der Waals surface area contributed by atoms with E-state index in [9.17, 15) is 9.18 Å². The van der Waals surface area contributed by atoms with E-state index < -0.39 is 11.8 Å². The first-order valence-electron chi connectivity index (χ1n) is 8.12. The number of nitrogens with one attached hydrogen (secondary N) is 1. The maximum absolute atomic E-state index is 13.7. The molecule has 0 unspecified atom stereocenters. The van der Waals surface area contributed by atoms with Crippen LogP contribution in [-0.2, 0) is 16.1 Å². The number of halogens is 2. The van der Waals surface area contributed by atoms with Crippen LogP contribution in [0.25, 0.3) is 6.08 Å². The first-order chi connectivity index (χ1) is 13.5. The standard InChI is InChI=1S/C19H15BrFN5O2/c20-13-7-8-15(21)12(10-13)6-9-17(27)28-11-16-24-18(22)26-19(25-16)23-14-4-2-1-3-5-14/h1-10H,11H2,(H3,22,23,24,25,26)/b9-6+. The van der Waals surface area contributed by atoms with Crippen molar-refractivity contribution in [1.29, 1.82) is 0 Å². The van der Waals surface area contributed by atoms with Gasteiger partial charge in [0.05, 0.1) is 0 Å². The van der Waals surface area contributed by atoms with Crippen LogP contribution in [0.15, 0.2) is 59.1 Å². The SMILES string of the molecule is Nc1nc(COC(=O)/C=C/c2cc(Br)ccc2F)nc(Nc2ccccc2)n1. The van der Waals surface area contributed by atoms with Gasteiger partial charge in [-0.3, -0.25) is 0 Å². The summed E-state index contributed by atoms with van der Waals surface area (Å²) in [6.45, 7) is -0.208. The predicted molar refractivity (Wildman–Crippen MR) is 107 cm³/mol. The van der Waals surface area contributed by atoms with E-state index >= 15 is 0 Å². The lowest BCUT2D eigenvalue weighted by atomic mass is 10.2. The van der Waals surface area contributed by atoms with Crippen molar-refractivity contribution in [3.05, 3.63) is 76.3 Å². The van der Waals surface area contributed by atoms with Crippen LogP contribution < -0.4 is 11.1 Å². The molecule has 0 radical (unpaired) electrons. The van der Waals surface area contributed by atoms with Crippen LogP contribution in [0.1, 0.15) is 11.4 Å². The zero-order valence-electron chi connectivity index (χ0n) is 14.5. The molecule has 0 bridgehead atoms. The van der Waals surface area contributed by atoms with Gasteiger partial charge in [0, 0.05) is 21.8 Å². The first-order valence-corrected chi connectivity index (χ1v) is 8.91. The predicted octanol–water partition coefficient (Wildman–Crippen LogP) is 3.86.